The highest BCUT2D eigenvalue weighted by Gasteiger charge is 2.44. The summed E-state index contributed by atoms with van der Waals surface area (Å²) in [5.41, 5.74) is -1.02. The van der Waals surface area contributed by atoms with Gasteiger partial charge in [-0.25, -0.2) is 4.39 Å². The van der Waals surface area contributed by atoms with E-state index in [0.29, 0.717) is 16.9 Å². The summed E-state index contributed by atoms with van der Waals surface area (Å²) in [6.07, 6.45) is -5.03. The number of piperidine rings is 1. The number of aliphatic hydroxyl groups is 1. The molecule has 31 heavy (non-hydrogen) atoms. The number of aromatic amines is 1. The Hall–Kier alpha value is -3.14. The number of nitrogens with zero attached hydrogens (tertiary/aromatic N) is 2. The summed E-state index contributed by atoms with van der Waals surface area (Å²) in [6, 6.07) is 9.61. The fraction of sp³-hybridized carbons (Fsp3) is 0.333. The smallest absolute Gasteiger partial charge is 0.386 e. The highest BCUT2D eigenvalue weighted by Crippen LogP contribution is 2.34. The predicted molar refractivity (Wildman–Crippen MR) is 107 cm³/mol. The number of fused-ring (bicyclic) bond motifs is 1. The largest absolute Gasteiger partial charge is 0.416 e. The molecule has 6 nitrogen and oxygen atoms in total. The number of aromatic nitrogens is 2. The van der Waals surface area contributed by atoms with Crippen LogP contribution in [0.5, 0.6) is 0 Å². The van der Waals surface area contributed by atoms with E-state index in [1.54, 1.807) is 29.3 Å². The summed E-state index contributed by atoms with van der Waals surface area (Å²) in [7, 11) is 0. The van der Waals surface area contributed by atoms with Gasteiger partial charge in [-0.1, -0.05) is 0 Å². The van der Waals surface area contributed by atoms with Gasteiger partial charge in [0.05, 0.1) is 17.3 Å². The highest BCUT2D eigenvalue weighted by atomic mass is 19.4. The van der Waals surface area contributed by atoms with Crippen LogP contribution in [0, 0.1) is 0 Å². The molecule has 4 rings (SSSR count). The van der Waals surface area contributed by atoms with Crippen LogP contribution in [0.2, 0.25) is 0 Å². The molecule has 0 radical (unpaired) electrons. The van der Waals surface area contributed by atoms with Crippen molar-refractivity contribution in [3.8, 4) is 0 Å². The molecule has 1 aromatic heterocycles. The second-order valence-corrected chi connectivity index (χ2v) is 7.66. The Morgan fingerprint density at radius 2 is 1.84 bits per heavy atom. The van der Waals surface area contributed by atoms with E-state index in [1.165, 1.54) is 12.1 Å². The molecule has 3 aromatic rings. The lowest BCUT2D eigenvalue weighted by Gasteiger charge is -2.40. The van der Waals surface area contributed by atoms with E-state index < -0.39 is 29.4 Å². The zero-order chi connectivity index (χ0) is 22.2. The minimum absolute atomic E-state index is 0.0395. The molecular formula is C21H20F4N4O2. The van der Waals surface area contributed by atoms with Crippen molar-refractivity contribution < 1.29 is 27.5 Å². The second-order valence-electron chi connectivity index (χ2n) is 7.66. The van der Waals surface area contributed by atoms with Crippen LogP contribution < -0.4 is 10.2 Å². The van der Waals surface area contributed by atoms with Gasteiger partial charge in [0.2, 0.25) is 6.17 Å². The zero-order valence-electron chi connectivity index (χ0n) is 16.3. The van der Waals surface area contributed by atoms with E-state index >= 15 is 0 Å². The van der Waals surface area contributed by atoms with Crippen molar-refractivity contribution in [1.29, 1.82) is 0 Å². The molecule has 0 bridgehead atoms. The van der Waals surface area contributed by atoms with Crippen molar-refractivity contribution in [3.05, 3.63) is 54.2 Å². The van der Waals surface area contributed by atoms with Crippen LogP contribution in [0.3, 0.4) is 0 Å². The molecule has 1 aliphatic heterocycles. The van der Waals surface area contributed by atoms with Crippen molar-refractivity contribution in [2.75, 3.05) is 23.3 Å². The van der Waals surface area contributed by atoms with Gasteiger partial charge in [0.25, 0.3) is 5.91 Å². The average molecular weight is 436 g/mol. The Morgan fingerprint density at radius 3 is 2.48 bits per heavy atom. The van der Waals surface area contributed by atoms with E-state index in [2.05, 4.69) is 15.5 Å². The molecule has 1 unspecified atom stereocenters. The minimum Gasteiger partial charge on any atom is -0.386 e. The fourth-order valence-corrected chi connectivity index (χ4v) is 3.73. The third-order valence-electron chi connectivity index (χ3n) is 5.60. The van der Waals surface area contributed by atoms with Crippen LogP contribution in [-0.4, -0.2) is 46.1 Å². The maximum Gasteiger partial charge on any atom is 0.416 e. The normalized spacial score (nSPS) is 17.5. The van der Waals surface area contributed by atoms with E-state index in [4.69, 9.17) is 0 Å². The molecule has 0 spiro atoms. The number of carbonyl (C=O) groups is 1. The van der Waals surface area contributed by atoms with E-state index in [1.807, 2.05) is 0 Å². The number of nitrogens with one attached hydrogen (secondary N) is 2. The summed E-state index contributed by atoms with van der Waals surface area (Å²) in [5.74, 6) is -0.954. The van der Waals surface area contributed by atoms with E-state index in [-0.39, 0.29) is 25.9 Å². The van der Waals surface area contributed by atoms with Crippen molar-refractivity contribution in [3.63, 3.8) is 0 Å². The third-order valence-corrected chi connectivity index (χ3v) is 5.60. The molecule has 1 fully saturated rings. The van der Waals surface area contributed by atoms with Gasteiger partial charge in [-0.2, -0.15) is 18.3 Å². The number of H-pyrrole nitrogens is 1. The number of benzene rings is 2. The first-order chi connectivity index (χ1) is 14.7. The number of rotatable bonds is 4. The molecule has 2 aromatic carbocycles. The number of halogens is 4. The molecule has 1 aliphatic rings. The van der Waals surface area contributed by atoms with Crippen LogP contribution in [0.4, 0.5) is 28.9 Å². The van der Waals surface area contributed by atoms with Gasteiger partial charge in [0.15, 0.2) is 0 Å². The summed E-state index contributed by atoms with van der Waals surface area (Å²) in [6.45, 7) is 0.408. The quantitative estimate of drug-likeness (QED) is 0.542. The maximum atomic E-state index is 14.9. The molecule has 1 atom stereocenters. The van der Waals surface area contributed by atoms with Crippen molar-refractivity contribution in [2.24, 2.45) is 0 Å². The van der Waals surface area contributed by atoms with Gasteiger partial charge in [0.1, 0.15) is 5.60 Å². The van der Waals surface area contributed by atoms with Crippen molar-refractivity contribution in [1.82, 2.24) is 10.2 Å². The van der Waals surface area contributed by atoms with Crippen LogP contribution in [0.25, 0.3) is 10.9 Å². The molecule has 164 valence electrons. The molecule has 10 heteroatoms. The number of hydrogen-bond acceptors (Lipinski definition) is 4. The molecule has 2 heterocycles. The standard InChI is InChI=1S/C21H20F4N4O2/c22-18(19(30)27-15-4-1-13-12-26-28-17(13)11-15)20(31)7-9-29(10-8-20)16-5-2-14(3-6-16)21(23,24)25/h1-6,11-12,18,31H,7-10H2,(H,26,28)(H,27,30). The molecule has 0 aliphatic carbocycles. The summed E-state index contributed by atoms with van der Waals surface area (Å²) in [4.78, 5) is 14.1. The maximum absolute atomic E-state index is 14.9. The number of hydrogen-bond donors (Lipinski definition) is 3. The van der Waals surface area contributed by atoms with Gasteiger partial charge in [-0.15, -0.1) is 0 Å². The molecular weight excluding hydrogens is 416 g/mol. The number of anilines is 2. The van der Waals surface area contributed by atoms with Crippen LogP contribution in [0.1, 0.15) is 18.4 Å². The van der Waals surface area contributed by atoms with Gasteiger partial charge < -0.3 is 15.3 Å². The Labute approximate surface area is 174 Å². The topological polar surface area (TPSA) is 81.2 Å². The fourth-order valence-electron chi connectivity index (χ4n) is 3.73. The average Bonchev–Trinajstić information content (AvgIpc) is 3.21. The van der Waals surface area contributed by atoms with Crippen molar-refractivity contribution in [2.45, 2.75) is 30.8 Å². The van der Waals surface area contributed by atoms with Crippen LogP contribution in [-0.2, 0) is 11.0 Å². The van der Waals surface area contributed by atoms with Gasteiger partial charge in [-0.3, -0.25) is 9.89 Å². The minimum atomic E-state index is -4.42. The number of alkyl halides is 4. The highest BCUT2D eigenvalue weighted by molar-refractivity contribution is 5.96. The molecule has 1 saturated heterocycles. The lowest BCUT2D eigenvalue weighted by Crippen LogP contribution is -2.53. The first kappa shape index (κ1) is 21.1. The Kier molecular flexibility index (Phi) is 5.34. The lowest BCUT2D eigenvalue weighted by atomic mass is 9.86. The Bertz CT molecular complexity index is 1070. The molecule has 1 amide bonds. The monoisotopic (exact) mass is 436 g/mol. The first-order valence-corrected chi connectivity index (χ1v) is 9.68. The van der Waals surface area contributed by atoms with Gasteiger partial charge >= 0.3 is 6.18 Å². The Balaban J connectivity index is 1.38. The zero-order valence-corrected chi connectivity index (χ0v) is 16.3. The predicted octanol–water partition coefficient (Wildman–Crippen LogP) is 3.89. The van der Waals surface area contributed by atoms with Crippen LogP contribution in [0.15, 0.2) is 48.7 Å². The SMILES string of the molecule is O=C(Nc1ccc2cn[nH]c2c1)C(F)C1(O)CCN(c2ccc(C(F)(F)F)cc2)CC1. The summed E-state index contributed by atoms with van der Waals surface area (Å²) >= 11 is 0. The van der Waals surface area contributed by atoms with Gasteiger partial charge in [0, 0.05) is 29.9 Å². The summed E-state index contributed by atoms with van der Waals surface area (Å²) in [5, 5.41) is 20.7. The van der Waals surface area contributed by atoms with E-state index in [0.717, 1.165) is 17.5 Å². The molecule has 3 N–H and O–H groups in total. The second kappa shape index (κ2) is 7.84. The van der Waals surface area contributed by atoms with Crippen molar-refractivity contribution >= 4 is 28.2 Å². The first-order valence-electron chi connectivity index (χ1n) is 9.68. The Morgan fingerprint density at radius 1 is 1.16 bits per heavy atom. The lowest BCUT2D eigenvalue weighted by molar-refractivity contribution is -0.137. The van der Waals surface area contributed by atoms with E-state index in [9.17, 15) is 27.5 Å². The summed E-state index contributed by atoms with van der Waals surface area (Å²) < 4.78 is 53.0. The van der Waals surface area contributed by atoms with Gasteiger partial charge in [-0.05, 0) is 55.3 Å². The number of carbonyl (C=O) groups excluding carboxylic acids is 1. The third kappa shape index (κ3) is 4.34. The molecule has 0 saturated carbocycles. The number of amides is 1. The van der Waals surface area contributed by atoms with Crippen LogP contribution >= 0.6 is 0 Å².